The summed E-state index contributed by atoms with van der Waals surface area (Å²) in [6.07, 6.45) is 4.00. The fraction of sp³-hybridized carbons (Fsp3) is 0.333. The molecule has 2 aliphatic heterocycles. The van der Waals surface area contributed by atoms with Gasteiger partial charge < -0.3 is 0 Å². The molecule has 0 aliphatic carbocycles. The Morgan fingerprint density at radius 3 is 1.52 bits per heavy atom. The summed E-state index contributed by atoms with van der Waals surface area (Å²) >= 11 is 0. The summed E-state index contributed by atoms with van der Waals surface area (Å²) < 4.78 is 0. The van der Waals surface area contributed by atoms with Gasteiger partial charge in [-0.15, -0.1) is 0 Å². The SMILES string of the molecule is CC(C)N(CCCCCCNCN1C(=O)c2cccc3cccc(c23)C1=O)CCN1C(=O)c2cccc3cccc(c23)C1=O. The molecule has 8 heteroatoms. The van der Waals surface area contributed by atoms with Gasteiger partial charge in [0.1, 0.15) is 0 Å². The van der Waals surface area contributed by atoms with Crippen LogP contribution in [0.15, 0.2) is 72.8 Å². The monoisotopic (exact) mass is 590 g/mol. The average Bonchev–Trinajstić information content (AvgIpc) is 3.03. The van der Waals surface area contributed by atoms with E-state index in [1.807, 2.05) is 60.7 Å². The summed E-state index contributed by atoms with van der Waals surface area (Å²) in [6.45, 7) is 7.06. The lowest BCUT2D eigenvalue weighted by atomic mass is 9.94. The highest BCUT2D eigenvalue weighted by molar-refractivity contribution is 6.26. The highest BCUT2D eigenvalue weighted by Gasteiger charge is 2.33. The summed E-state index contributed by atoms with van der Waals surface area (Å²) in [5.41, 5.74) is 2.34. The molecule has 0 saturated carbocycles. The maximum Gasteiger partial charge on any atom is 0.262 e. The first-order valence-corrected chi connectivity index (χ1v) is 15.6. The summed E-state index contributed by atoms with van der Waals surface area (Å²) in [6, 6.07) is 22.7. The second kappa shape index (κ2) is 12.7. The standard InChI is InChI=1S/C36H38N4O4/c1-24(2)38(21-22-39-33(41)27-15-7-11-25-12-8-16-28(31(25)27)34(39)42)20-6-4-3-5-19-37-23-40-35(43)29-17-9-13-26-14-10-18-30(32(26)29)36(40)44/h7-18,24,37H,3-6,19-23H2,1-2H3. The number of nitrogens with one attached hydrogen (secondary N) is 1. The molecule has 0 spiro atoms. The second-order valence-electron chi connectivity index (χ2n) is 11.9. The van der Waals surface area contributed by atoms with Crippen LogP contribution in [-0.4, -0.2) is 77.2 Å². The van der Waals surface area contributed by atoms with Crippen molar-refractivity contribution >= 4 is 45.2 Å². The van der Waals surface area contributed by atoms with Gasteiger partial charge in [0.05, 0.1) is 6.67 Å². The van der Waals surface area contributed by atoms with Crippen LogP contribution in [-0.2, 0) is 0 Å². The molecule has 2 aliphatic rings. The van der Waals surface area contributed by atoms with Gasteiger partial charge in [0.25, 0.3) is 23.6 Å². The molecule has 0 radical (unpaired) electrons. The number of imide groups is 2. The minimum absolute atomic E-state index is 0.191. The van der Waals surface area contributed by atoms with Gasteiger partial charge in [0, 0.05) is 52.2 Å². The number of carbonyl (C=O) groups excluding carboxylic acids is 4. The van der Waals surface area contributed by atoms with Gasteiger partial charge in [0.15, 0.2) is 0 Å². The topological polar surface area (TPSA) is 90.0 Å². The van der Waals surface area contributed by atoms with Gasteiger partial charge in [-0.3, -0.25) is 39.2 Å². The molecule has 0 bridgehead atoms. The molecule has 8 nitrogen and oxygen atoms in total. The van der Waals surface area contributed by atoms with Gasteiger partial charge in [-0.1, -0.05) is 61.4 Å². The van der Waals surface area contributed by atoms with Gasteiger partial charge in [-0.05, 0) is 74.8 Å². The predicted molar refractivity (Wildman–Crippen MR) is 172 cm³/mol. The Hall–Kier alpha value is -4.40. The van der Waals surface area contributed by atoms with Gasteiger partial charge in [0.2, 0.25) is 0 Å². The Bertz CT molecular complexity index is 1660. The van der Waals surface area contributed by atoms with Gasteiger partial charge >= 0.3 is 0 Å². The van der Waals surface area contributed by atoms with Crippen LogP contribution in [0.25, 0.3) is 21.5 Å². The van der Waals surface area contributed by atoms with E-state index in [9.17, 15) is 19.2 Å². The van der Waals surface area contributed by atoms with Crippen molar-refractivity contribution in [3.05, 3.63) is 95.1 Å². The van der Waals surface area contributed by atoms with Crippen LogP contribution in [0.4, 0.5) is 0 Å². The molecule has 0 unspecified atom stereocenters. The van der Waals surface area contributed by atoms with Gasteiger partial charge in [-0.2, -0.15) is 0 Å². The van der Waals surface area contributed by atoms with E-state index in [1.54, 1.807) is 12.1 Å². The molecule has 226 valence electrons. The highest BCUT2D eigenvalue weighted by Crippen LogP contribution is 2.31. The normalized spacial score (nSPS) is 14.6. The van der Waals surface area contributed by atoms with E-state index in [1.165, 1.54) is 9.80 Å². The molecular weight excluding hydrogens is 552 g/mol. The van der Waals surface area contributed by atoms with Crippen molar-refractivity contribution < 1.29 is 19.2 Å². The fourth-order valence-corrected chi connectivity index (χ4v) is 6.47. The summed E-state index contributed by atoms with van der Waals surface area (Å²) in [5, 5.41) is 6.60. The lowest BCUT2D eigenvalue weighted by Gasteiger charge is -2.31. The van der Waals surface area contributed by atoms with Crippen LogP contribution in [0.1, 0.15) is 81.0 Å². The Morgan fingerprint density at radius 2 is 1.05 bits per heavy atom. The number of amides is 4. The van der Waals surface area contributed by atoms with Crippen molar-refractivity contribution in [1.29, 1.82) is 0 Å². The van der Waals surface area contributed by atoms with E-state index in [2.05, 4.69) is 24.1 Å². The van der Waals surface area contributed by atoms with Crippen molar-refractivity contribution in [3.8, 4) is 0 Å². The third-order valence-corrected chi connectivity index (χ3v) is 8.87. The number of hydrogen-bond donors (Lipinski definition) is 1. The fourth-order valence-electron chi connectivity index (χ4n) is 6.47. The van der Waals surface area contributed by atoms with Crippen LogP contribution in [0.3, 0.4) is 0 Å². The van der Waals surface area contributed by atoms with E-state index in [0.717, 1.165) is 53.8 Å². The van der Waals surface area contributed by atoms with Crippen molar-refractivity contribution in [2.24, 2.45) is 0 Å². The highest BCUT2D eigenvalue weighted by atomic mass is 16.2. The van der Waals surface area contributed by atoms with Crippen molar-refractivity contribution in [3.63, 3.8) is 0 Å². The molecule has 1 N–H and O–H groups in total. The van der Waals surface area contributed by atoms with Crippen molar-refractivity contribution in [2.45, 2.75) is 45.6 Å². The minimum atomic E-state index is -0.255. The molecule has 0 atom stereocenters. The van der Waals surface area contributed by atoms with Crippen LogP contribution in [0.5, 0.6) is 0 Å². The van der Waals surface area contributed by atoms with E-state index < -0.39 is 0 Å². The molecule has 0 aromatic heterocycles. The Morgan fingerprint density at radius 1 is 0.591 bits per heavy atom. The second-order valence-corrected chi connectivity index (χ2v) is 11.9. The van der Waals surface area contributed by atoms with Crippen molar-refractivity contribution in [1.82, 2.24) is 20.0 Å². The first-order chi connectivity index (χ1) is 21.4. The zero-order chi connectivity index (χ0) is 30.8. The Kier molecular flexibility index (Phi) is 8.55. The minimum Gasteiger partial charge on any atom is -0.299 e. The van der Waals surface area contributed by atoms with Crippen LogP contribution in [0.2, 0.25) is 0 Å². The number of rotatable bonds is 13. The molecule has 4 aromatic carbocycles. The maximum atomic E-state index is 13.3. The average molecular weight is 591 g/mol. The Balaban J connectivity index is 0.934. The largest absolute Gasteiger partial charge is 0.299 e. The smallest absolute Gasteiger partial charge is 0.262 e. The number of carbonyl (C=O) groups is 4. The third-order valence-electron chi connectivity index (χ3n) is 8.87. The number of hydrogen-bond acceptors (Lipinski definition) is 6. The lowest BCUT2D eigenvalue weighted by molar-refractivity contribution is 0.0575. The van der Waals surface area contributed by atoms with Crippen LogP contribution < -0.4 is 5.32 Å². The molecule has 4 aromatic rings. The van der Waals surface area contributed by atoms with E-state index in [-0.39, 0.29) is 36.3 Å². The number of benzene rings is 4. The van der Waals surface area contributed by atoms with Crippen molar-refractivity contribution in [2.75, 3.05) is 32.8 Å². The predicted octanol–water partition coefficient (Wildman–Crippen LogP) is 5.70. The molecule has 2 heterocycles. The molecule has 0 fully saturated rings. The molecule has 44 heavy (non-hydrogen) atoms. The van der Waals surface area contributed by atoms with E-state index >= 15 is 0 Å². The first-order valence-electron chi connectivity index (χ1n) is 15.6. The number of unbranched alkanes of at least 4 members (excludes halogenated alkanes) is 3. The first kappa shape index (κ1) is 29.7. The molecule has 4 amide bonds. The lowest BCUT2D eigenvalue weighted by Crippen LogP contribution is -2.46. The van der Waals surface area contributed by atoms with E-state index in [0.29, 0.717) is 41.9 Å². The zero-order valence-corrected chi connectivity index (χ0v) is 25.3. The Labute approximate surface area is 257 Å². The van der Waals surface area contributed by atoms with Crippen LogP contribution in [0, 0.1) is 0 Å². The summed E-state index contributed by atoms with van der Waals surface area (Å²) in [4.78, 5) is 57.6. The maximum absolute atomic E-state index is 13.3. The van der Waals surface area contributed by atoms with Gasteiger partial charge in [-0.25, -0.2) is 0 Å². The van der Waals surface area contributed by atoms with E-state index in [4.69, 9.17) is 0 Å². The zero-order valence-electron chi connectivity index (χ0n) is 25.3. The quantitative estimate of drug-likeness (QED) is 0.159. The molecular formula is C36H38N4O4. The third kappa shape index (κ3) is 5.51. The molecule has 6 rings (SSSR count). The summed E-state index contributed by atoms with van der Waals surface area (Å²) in [7, 11) is 0. The summed E-state index contributed by atoms with van der Waals surface area (Å²) in [5.74, 6) is -0.945. The molecule has 0 saturated heterocycles. The number of nitrogens with zero attached hydrogens (tertiary/aromatic N) is 3. The van der Waals surface area contributed by atoms with Crippen LogP contribution >= 0.6 is 0 Å².